The zero-order chi connectivity index (χ0) is 15.8. The molecule has 0 aromatic carbocycles. The van der Waals surface area contributed by atoms with E-state index in [1.165, 1.54) is 0 Å². The SMILES string of the molecule is O=C1CCC(=O)N1.O=C1CCC(=O)N1.O=C1CCC(=O)N1. The molecule has 3 rings (SSSR count). The van der Waals surface area contributed by atoms with Crippen molar-refractivity contribution in [2.45, 2.75) is 38.5 Å². The lowest BCUT2D eigenvalue weighted by Crippen LogP contribution is -2.18. The van der Waals surface area contributed by atoms with E-state index >= 15 is 0 Å². The third kappa shape index (κ3) is 6.95. The monoisotopic (exact) mass is 297 g/mol. The van der Waals surface area contributed by atoms with Crippen molar-refractivity contribution in [3.05, 3.63) is 0 Å². The summed E-state index contributed by atoms with van der Waals surface area (Å²) in [6, 6.07) is 0. The molecule has 0 aliphatic carbocycles. The zero-order valence-electron chi connectivity index (χ0n) is 11.2. The van der Waals surface area contributed by atoms with E-state index in [-0.39, 0.29) is 35.4 Å². The van der Waals surface area contributed by atoms with Gasteiger partial charge in [0.05, 0.1) is 0 Å². The van der Waals surface area contributed by atoms with Crippen LogP contribution in [-0.2, 0) is 28.8 Å². The van der Waals surface area contributed by atoms with Crippen molar-refractivity contribution < 1.29 is 28.8 Å². The second kappa shape index (κ2) is 7.88. The highest BCUT2D eigenvalue weighted by Gasteiger charge is 2.16. The summed E-state index contributed by atoms with van der Waals surface area (Å²) in [5.74, 6) is -0.889. The summed E-state index contributed by atoms with van der Waals surface area (Å²) in [4.78, 5) is 60.7. The fourth-order valence-corrected chi connectivity index (χ4v) is 1.52. The highest BCUT2D eigenvalue weighted by atomic mass is 16.2. The summed E-state index contributed by atoms with van der Waals surface area (Å²) in [5.41, 5.74) is 0. The van der Waals surface area contributed by atoms with Gasteiger partial charge in [-0.15, -0.1) is 0 Å². The van der Waals surface area contributed by atoms with Gasteiger partial charge >= 0.3 is 0 Å². The van der Waals surface area contributed by atoms with Gasteiger partial charge in [0, 0.05) is 38.5 Å². The van der Waals surface area contributed by atoms with Gasteiger partial charge in [-0.2, -0.15) is 0 Å². The van der Waals surface area contributed by atoms with Crippen LogP contribution in [0.15, 0.2) is 0 Å². The van der Waals surface area contributed by atoms with Crippen molar-refractivity contribution in [2.24, 2.45) is 0 Å². The fraction of sp³-hybridized carbons (Fsp3) is 0.500. The Morgan fingerprint density at radius 3 is 0.571 bits per heavy atom. The maximum atomic E-state index is 10.1. The minimum atomic E-state index is -0.148. The molecule has 3 fully saturated rings. The predicted octanol–water partition coefficient (Wildman–Crippen LogP) is -1.73. The van der Waals surface area contributed by atoms with Crippen LogP contribution in [0.1, 0.15) is 38.5 Å². The van der Waals surface area contributed by atoms with Gasteiger partial charge < -0.3 is 0 Å². The molecular weight excluding hydrogens is 282 g/mol. The number of hydrogen-bond acceptors (Lipinski definition) is 6. The van der Waals surface area contributed by atoms with E-state index in [9.17, 15) is 28.8 Å². The van der Waals surface area contributed by atoms with Crippen LogP contribution in [0.25, 0.3) is 0 Å². The summed E-state index contributed by atoms with van der Waals surface area (Å²) >= 11 is 0. The average Bonchev–Trinajstić information content (AvgIpc) is 3.06. The van der Waals surface area contributed by atoms with Crippen molar-refractivity contribution >= 4 is 35.4 Å². The highest BCUT2D eigenvalue weighted by molar-refractivity contribution is 6.02. The first-order chi connectivity index (χ1) is 9.86. The number of rotatable bonds is 0. The Morgan fingerprint density at radius 2 is 0.524 bits per heavy atom. The molecule has 0 aromatic heterocycles. The largest absolute Gasteiger partial charge is 0.296 e. The Balaban J connectivity index is 0.000000157. The first-order valence-electron chi connectivity index (χ1n) is 6.35. The molecule has 3 saturated heterocycles. The Hall–Kier alpha value is -2.58. The topological polar surface area (TPSA) is 139 Å². The van der Waals surface area contributed by atoms with Gasteiger partial charge in [0.15, 0.2) is 0 Å². The number of hydrogen-bond donors (Lipinski definition) is 3. The molecule has 0 atom stereocenters. The first kappa shape index (κ1) is 16.5. The van der Waals surface area contributed by atoms with Crippen LogP contribution in [-0.4, -0.2) is 35.4 Å². The molecule has 114 valence electrons. The molecule has 3 heterocycles. The Kier molecular flexibility index (Phi) is 6.18. The maximum Gasteiger partial charge on any atom is 0.227 e. The summed E-state index contributed by atoms with van der Waals surface area (Å²) < 4.78 is 0. The van der Waals surface area contributed by atoms with Crippen LogP contribution in [0.3, 0.4) is 0 Å². The van der Waals surface area contributed by atoms with Crippen molar-refractivity contribution in [2.75, 3.05) is 0 Å². The molecule has 3 aliphatic rings. The molecule has 0 bridgehead atoms. The Labute approximate surface area is 119 Å². The summed E-state index contributed by atoms with van der Waals surface area (Å²) in [5, 5.41) is 6.42. The van der Waals surface area contributed by atoms with E-state index < -0.39 is 0 Å². The van der Waals surface area contributed by atoms with E-state index in [1.807, 2.05) is 0 Å². The molecule has 0 aromatic rings. The number of carbonyl (C=O) groups is 6. The van der Waals surface area contributed by atoms with E-state index in [0.717, 1.165) is 0 Å². The van der Waals surface area contributed by atoms with Gasteiger partial charge in [0.25, 0.3) is 0 Å². The summed E-state index contributed by atoms with van der Waals surface area (Å²) in [7, 11) is 0. The van der Waals surface area contributed by atoms with Crippen LogP contribution in [0, 0.1) is 0 Å². The average molecular weight is 297 g/mol. The van der Waals surface area contributed by atoms with Gasteiger partial charge in [0.1, 0.15) is 0 Å². The molecular formula is C12H15N3O6. The van der Waals surface area contributed by atoms with E-state index in [1.54, 1.807) is 0 Å². The van der Waals surface area contributed by atoms with E-state index in [2.05, 4.69) is 16.0 Å². The lowest BCUT2D eigenvalue weighted by atomic mass is 10.4. The maximum absolute atomic E-state index is 10.1. The minimum absolute atomic E-state index is 0.148. The zero-order valence-corrected chi connectivity index (χ0v) is 11.2. The third-order valence-corrected chi connectivity index (χ3v) is 2.57. The van der Waals surface area contributed by atoms with Crippen LogP contribution in [0.4, 0.5) is 0 Å². The van der Waals surface area contributed by atoms with Gasteiger partial charge in [-0.1, -0.05) is 0 Å². The molecule has 0 saturated carbocycles. The van der Waals surface area contributed by atoms with Crippen LogP contribution in [0.2, 0.25) is 0 Å². The van der Waals surface area contributed by atoms with Gasteiger partial charge in [-0.25, -0.2) is 0 Å². The number of carbonyl (C=O) groups excluding carboxylic acids is 6. The Bertz CT molecular complexity index is 386. The lowest BCUT2D eigenvalue weighted by molar-refractivity contribution is -0.126. The van der Waals surface area contributed by atoms with Crippen molar-refractivity contribution in [1.29, 1.82) is 0 Å². The smallest absolute Gasteiger partial charge is 0.227 e. The standard InChI is InChI=1S/3C4H5NO2/c3*6-3-1-2-4(7)5-3/h3*1-2H2,(H,5,6,7). The normalized spacial score (nSPS) is 20.0. The fourth-order valence-electron chi connectivity index (χ4n) is 1.52. The van der Waals surface area contributed by atoms with Crippen molar-refractivity contribution in [3.8, 4) is 0 Å². The van der Waals surface area contributed by atoms with Gasteiger partial charge in [-0.3, -0.25) is 44.7 Å². The highest BCUT2D eigenvalue weighted by Crippen LogP contribution is 1.97. The molecule has 0 spiro atoms. The summed E-state index contributed by atoms with van der Waals surface area (Å²) in [6.45, 7) is 0. The molecule has 6 amide bonds. The molecule has 3 aliphatic heterocycles. The molecule has 0 unspecified atom stereocenters. The molecule has 9 heteroatoms. The summed E-state index contributed by atoms with van der Waals surface area (Å²) in [6.07, 6.45) is 2.24. The molecule has 21 heavy (non-hydrogen) atoms. The second-order valence-electron chi connectivity index (χ2n) is 4.41. The molecule has 9 nitrogen and oxygen atoms in total. The number of nitrogens with one attached hydrogen (secondary N) is 3. The third-order valence-electron chi connectivity index (χ3n) is 2.57. The minimum Gasteiger partial charge on any atom is -0.296 e. The lowest BCUT2D eigenvalue weighted by Gasteiger charge is -1.79. The molecule has 3 N–H and O–H groups in total. The van der Waals surface area contributed by atoms with E-state index in [4.69, 9.17) is 0 Å². The van der Waals surface area contributed by atoms with Gasteiger partial charge in [-0.05, 0) is 0 Å². The van der Waals surface area contributed by atoms with Crippen LogP contribution >= 0.6 is 0 Å². The number of amides is 6. The van der Waals surface area contributed by atoms with Gasteiger partial charge in [0.2, 0.25) is 35.4 Å². The van der Waals surface area contributed by atoms with Crippen molar-refractivity contribution in [1.82, 2.24) is 16.0 Å². The number of imide groups is 3. The Morgan fingerprint density at radius 1 is 0.381 bits per heavy atom. The quantitative estimate of drug-likeness (QED) is 0.454. The second-order valence-corrected chi connectivity index (χ2v) is 4.41. The van der Waals surface area contributed by atoms with Crippen LogP contribution in [0.5, 0.6) is 0 Å². The predicted molar refractivity (Wildman–Crippen MR) is 67.2 cm³/mol. The first-order valence-corrected chi connectivity index (χ1v) is 6.35. The van der Waals surface area contributed by atoms with Crippen molar-refractivity contribution in [3.63, 3.8) is 0 Å². The van der Waals surface area contributed by atoms with E-state index in [0.29, 0.717) is 38.5 Å². The molecule has 0 radical (unpaired) electrons. The van der Waals surface area contributed by atoms with Crippen LogP contribution < -0.4 is 16.0 Å².